The molecule has 0 saturated heterocycles. The Morgan fingerprint density at radius 3 is 2.46 bits per heavy atom. The van der Waals surface area contributed by atoms with Crippen molar-refractivity contribution in [3.63, 3.8) is 0 Å². The Bertz CT molecular complexity index is 1060. The van der Waals surface area contributed by atoms with Gasteiger partial charge in [-0.05, 0) is 29.8 Å². The Hall–Kier alpha value is -3.16. The molecule has 0 fully saturated rings. The van der Waals surface area contributed by atoms with Gasteiger partial charge in [-0.15, -0.1) is 0 Å². The molecule has 0 radical (unpaired) electrons. The van der Waals surface area contributed by atoms with Crippen LogP contribution in [0.2, 0.25) is 0 Å². The van der Waals surface area contributed by atoms with Crippen molar-refractivity contribution in [2.45, 2.75) is 6.18 Å². The Labute approximate surface area is 144 Å². The number of carbonyl (C=O) groups excluding carboxylic acids is 1. The zero-order valence-corrected chi connectivity index (χ0v) is 13.3. The van der Waals surface area contributed by atoms with Gasteiger partial charge in [-0.25, -0.2) is 9.18 Å². The molecule has 0 aliphatic rings. The molecular weight excluding hydrogens is 354 g/mol. The standard InChI is InChI=1S/C18H11F4NO3/c1-23(17(25)18(20,21)22)14-9-10(6-7-13(14)19)12-8-11-4-2-3-5-15(11)26-16(12)24/h2-9H,1H3. The number of carbonyl (C=O) groups is 1. The van der Waals surface area contributed by atoms with Gasteiger partial charge in [-0.1, -0.05) is 24.3 Å². The van der Waals surface area contributed by atoms with E-state index in [1.807, 2.05) is 0 Å². The van der Waals surface area contributed by atoms with E-state index < -0.39 is 29.2 Å². The van der Waals surface area contributed by atoms with Crippen molar-refractivity contribution in [1.82, 2.24) is 0 Å². The SMILES string of the molecule is CN(C(=O)C(F)(F)F)c1cc(-c2cc3ccccc3oc2=O)ccc1F. The van der Waals surface area contributed by atoms with Crippen molar-refractivity contribution in [3.05, 3.63) is 64.8 Å². The summed E-state index contributed by atoms with van der Waals surface area (Å²) in [7, 11) is 0.806. The highest BCUT2D eigenvalue weighted by atomic mass is 19.4. The van der Waals surface area contributed by atoms with Crippen LogP contribution in [0.5, 0.6) is 0 Å². The number of anilines is 1. The second-order valence-corrected chi connectivity index (χ2v) is 5.51. The summed E-state index contributed by atoms with van der Waals surface area (Å²) < 4.78 is 56.9. The summed E-state index contributed by atoms with van der Waals surface area (Å²) in [6.07, 6.45) is -5.15. The molecule has 0 unspecified atom stereocenters. The Morgan fingerprint density at radius 1 is 1.08 bits per heavy atom. The summed E-state index contributed by atoms with van der Waals surface area (Å²) >= 11 is 0. The Kier molecular flexibility index (Phi) is 4.27. The van der Waals surface area contributed by atoms with E-state index in [1.165, 1.54) is 12.1 Å². The predicted molar refractivity (Wildman–Crippen MR) is 87.3 cm³/mol. The molecule has 0 N–H and O–H groups in total. The molecule has 0 saturated carbocycles. The highest BCUT2D eigenvalue weighted by Crippen LogP contribution is 2.29. The van der Waals surface area contributed by atoms with Crippen LogP contribution in [0, 0.1) is 5.82 Å². The number of alkyl halides is 3. The molecule has 2 aromatic carbocycles. The fourth-order valence-electron chi connectivity index (χ4n) is 2.50. The van der Waals surface area contributed by atoms with Gasteiger partial charge < -0.3 is 9.32 Å². The molecule has 0 bridgehead atoms. The maximum Gasteiger partial charge on any atom is 0.471 e. The van der Waals surface area contributed by atoms with Crippen molar-refractivity contribution in [1.29, 1.82) is 0 Å². The molecule has 3 aromatic rings. The number of hydrogen-bond donors (Lipinski definition) is 0. The first-order chi connectivity index (χ1) is 12.2. The van der Waals surface area contributed by atoms with Crippen LogP contribution in [0.1, 0.15) is 0 Å². The Morgan fingerprint density at radius 2 is 1.77 bits per heavy atom. The predicted octanol–water partition coefficient (Wildman–Crippen LogP) is 4.12. The van der Waals surface area contributed by atoms with Gasteiger partial charge in [0.05, 0.1) is 11.3 Å². The molecule has 0 aliphatic heterocycles. The average Bonchev–Trinajstić information content (AvgIpc) is 2.59. The summed E-state index contributed by atoms with van der Waals surface area (Å²) in [4.78, 5) is 23.7. The zero-order valence-electron chi connectivity index (χ0n) is 13.3. The van der Waals surface area contributed by atoms with Gasteiger partial charge in [0.25, 0.3) is 0 Å². The molecule has 1 heterocycles. The zero-order chi connectivity index (χ0) is 19.1. The topological polar surface area (TPSA) is 50.5 Å². The second-order valence-electron chi connectivity index (χ2n) is 5.51. The van der Waals surface area contributed by atoms with Gasteiger partial charge in [0.15, 0.2) is 0 Å². The van der Waals surface area contributed by atoms with Crippen LogP contribution in [0.3, 0.4) is 0 Å². The number of hydrogen-bond acceptors (Lipinski definition) is 3. The fourth-order valence-corrected chi connectivity index (χ4v) is 2.50. The molecule has 26 heavy (non-hydrogen) atoms. The molecule has 0 spiro atoms. The van der Waals surface area contributed by atoms with E-state index in [9.17, 15) is 27.2 Å². The molecule has 1 amide bonds. The molecule has 8 heteroatoms. The number of amides is 1. The lowest BCUT2D eigenvalue weighted by molar-refractivity contribution is -0.170. The van der Waals surface area contributed by atoms with Crippen LogP contribution < -0.4 is 10.5 Å². The van der Waals surface area contributed by atoms with Crippen molar-refractivity contribution in [2.75, 3.05) is 11.9 Å². The van der Waals surface area contributed by atoms with Crippen LogP contribution in [0.15, 0.2) is 57.7 Å². The molecule has 3 rings (SSSR count). The van der Waals surface area contributed by atoms with E-state index >= 15 is 0 Å². The van der Waals surface area contributed by atoms with Gasteiger partial charge in [0, 0.05) is 12.4 Å². The van der Waals surface area contributed by atoms with E-state index in [0.29, 0.717) is 11.0 Å². The van der Waals surface area contributed by atoms with Gasteiger partial charge in [0.1, 0.15) is 11.4 Å². The third kappa shape index (κ3) is 3.17. The minimum atomic E-state index is -5.15. The van der Waals surface area contributed by atoms with Crippen LogP contribution in [0.4, 0.5) is 23.2 Å². The van der Waals surface area contributed by atoms with E-state index in [-0.39, 0.29) is 16.0 Å². The minimum Gasteiger partial charge on any atom is -0.422 e. The van der Waals surface area contributed by atoms with Crippen LogP contribution in [-0.2, 0) is 4.79 Å². The number of rotatable bonds is 2. The molecule has 0 aliphatic carbocycles. The number of para-hydroxylation sites is 1. The molecule has 134 valence electrons. The van der Waals surface area contributed by atoms with Gasteiger partial charge in [-0.3, -0.25) is 4.79 Å². The first-order valence-electron chi connectivity index (χ1n) is 7.36. The lowest BCUT2D eigenvalue weighted by Gasteiger charge is -2.20. The second kappa shape index (κ2) is 6.29. The first-order valence-corrected chi connectivity index (χ1v) is 7.36. The highest BCUT2D eigenvalue weighted by Gasteiger charge is 2.42. The van der Waals surface area contributed by atoms with Crippen LogP contribution in [0.25, 0.3) is 22.1 Å². The van der Waals surface area contributed by atoms with Crippen molar-refractivity contribution < 1.29 is 26.8 Å². The van der Waals surface area contributed by atoms with E-state index in [2.05, 4.69) is 0 Å². The summed E-state index contributed by atoms with van der Waals surface area (Å²) in [5, 5.41) is 0.590. The largest absolute Gasteiger partial charge is 0.471 e. The molecular formula is C18H11F4NO3. The molecule has 1 aromatic heterocycles. The third-order valence-electron chi connectivity index (χ3n) is 3.81. The maximum absolute atomic E-state index is 14.0. The lowest BCUT2D eigenvalue weighted by atomic mass is 10.0. The Balaban J connectivity index is 2.12. The lowest BCUT2D eigenvalue weighted by Crippen LogP contribution is -2.38. The summed E-state index contributed by atoms with van der Waals surface area (Å²) in [6.45, 7) is 0. The minimum absolute atomic E-state index is 0.0396. The van der Waals surface area contributed by atoms with Crippen molar-refractivity contribution in [2.24, 2.45) is 0 Å². The quantitative estimate of drug-likeness (QED) is 0.507. The summed E-state index contributed by atoms with van der Waals surface area (Å²) in [5.74, 6) is -3.25. The normalized spacial score (nSPS) is 11.6. The van der Waals surface area contributed by atoms with Crippen LogP contribution in [-0.4, -0.2) is 19.1 Å². The molecule has 0 atom stereocenters. The third-order valence-corrected chi connectivity index (χ3v) is 3.81. The van der Waals surface area contributed by atoms with Crippen molar-refractivity contribution >= 4 is 22.6 Å². The first kappa shape index (κ1) is 17.7. The van der Waals surface area contributed by atoms with E-state index in [0.717, 1.165) is 19.2 Å². The van der Waals surface area contributed by atoms with Crippen LogP contribution >= 0.6 is 0 Å². The monoisotopic (exact) mass is 365 g/mol. The molecule has 4 nitrogen and oxygen atoms in total. The highest BCUT2D eigenvalue weighted by molar-refractivity contribution is 5.97. The smallest absolute Gasteiger partial charge is 0.422 e. The fraction of sp³-hybridized carbons (Fsp3) is 0.111. The number of nitrogens with zero attached hydrogens (tertiary/aromatic N) is 1. The number of fused-ring (bicyclic) bond motifs is 1. The van der Waals surface area contributed by atoms with Gasteiger partial charge in [0.2, 0.25) is 0 Å². The maximum atomic E-state index is 14.0. The summed E-state index contributed by atoms with van der Waals surface area (Å²) in [5.41, 5.74) is -0.822. The summed E-state index contributed by atoms with van der Waals surface area (Å²) in [6, 6.07) is 11.3. The van der Waals surface area contributed by atoms with E-state index in [4.69, 9.17) is 4.42 Å². The van der Waals surface area contributed by atoms with E-state index in [1.54, 1.807) is 24.3 Å². The van der Waals surface area contributed by atoms with Gasteiger partial charge in [-0.2, -0.15) is 13.2 Å². The number of halogens is 4. The number of benzene rings is 2. The van der Waals surface area contributed by atoms with Crippen molar-refractivity contribution in [3.8, 4) is 11.1 Å². The average molecular weight is 365 g/mol. The van der Waals surface area contributed by atoms with Gasteiger partial charge >= 0.3 is 17.7 Å².